The third kappa shape index (κ3) is 4.35. The van der Waals surface area contributed by atoms with Gasteiger partial charge >= 0.3 is 0 Å². The van der Waals surface area contributed by atoms with Crippen LogP contribution in [-0.2, 0) is 0 Å². The fraction of sp³-hybridized carbons (Fsp3) is 0.364. The van der Waals surface area contributed by atoms with Crippen molar-refractivity contribution in [2.45, 2.75) is 26.2 Å². The molecule has 0 fully saturated rings. The Bertz CT molecular complexity index is 322. The van der Waals surface area contributed by atoms with E-state index in [1.54, 1.807) is 30.7 Å². The first-order valence-electron chi connectivity index (χ1n) is 5.06. The van der Waals surface area contributed by atoms with Gasteiger partial charge < -0.3 is 0 Å². The van der Waals surface area contributed by atoms with E-state index < -0.39 is 0 Å². The Hall–Kier alpha value is -1.71. The monoisotopic (exact) mass is 205 g/mol. The summed E-state index contributed by atoms with van der Waals surface area (Å²) < 4.78 is 0. The van der Waals surface area contributed by atoms with E-state index in [2.05, 4.69) is 22.4 Å². The Kier molecular flexibility index (Phi) is 5.08. The molecular weight excluding hydrogens is 190 g/mol. The highest BCUT2D eigenvalue weighted by atomic mass is 16.2. The van der Waals surface area contributed by atoms with Crippen molar-refractivity contribution < 1.29 is 4.79 Å². The number of hydrazone groups is 1. The molecule has 0 spiro atoms. The smallest absolute Gasteiger partial charge is 0.267 e. The molecule has 0 saturated heterocycles. The fourth-order valence-corrected chi connectivity index (χ4v) is 1.03. The van der Waals surface area contributed by atoms with Crippen molar-refractivity contribution in [1.82, 2.24) is 10.4 Å². The van der Waals surface area contributed by atoms with Crippen molar-refractivity contribution in [3.8, 4) is 0 Å². The normalized spacial score (nSPS) is 10.5. The minimum Gasteiger partial charge on any atom is -0.267 e. The van der Waals surface area contributed by atoms with Gasteiger partial charge in [0.15, 0.2) is 0 Å². The molecule has 1 aromatic rings. The van der Waals surface area contributed by atoms with Gasteiger partial charge in [-0.3, -0.25) is 9.78 Å². The maximum atomic E-state index is 11.4. The molecule has 15 heavy (non-hydrogen) atoms. The first-order chi connectivity index (χ1) is 7.34. The Labute approximate surface area is 89.4 Å². The summed E-state index contributed by atoms with van der Waals surface area (Å²) in [6.07, 6.45) is 8.00. The number of unbranched alkanes of at least 4 members (excludes halogenated alkanes) is 2. The first kappa shape index (κ1) is 11.4. The number of pyridine rings is 1. The van der Waals surface area contributed by atoms with Gasteiger partial charge in [-0.2, -0.15) is 5.10 Å². The van der Waals surface area contributed by atoms with E-state index in [0.717, 1.165) is 19.3 Å². The zero-order valence-corrected chi connectivity index (χ0v) is 8.81. The van der Waals surface area contributed by atoms with Gasteiger partial charge in [0.2, 0.25) is 0 Å². The molecule has 1 N–H and O–H groups in total. The summed E-state index contributed by atoms with van der Waals surface area (Å²) >= 11 is 0. The maximum Gasteiger partial charge on any atom is 0.271 e. The highest BCUT2D eigenvalue weighted by Gasteiger charge is 2.01. The Balaban J connectivity index is 2.34. The Morgan fingerprint density at radius 2 is 2.27 bits per heavy atom. The second-order valence-corrected chi connectivity index (χ2v) is 3.13. The molecule has 0 radical (unpaired) electrons. The number of nitrogens with zero attached hydrogens (tertiary/aromatic N) is 2. The molecule has 0 aromatic carbocycles. The second kappa shape index (κ2) is 6.70. The van der Waals surface area contributed by atoms with Gasteiger partial charge in [0.1, 0.15) is 0 Å². The molecule has 1 aromatic heterocycles. The molecular formula is C11H15N3O. The fourth-order valence-electron chi connectivity index (χ4n) is 1.03. The highest BCUT2D eigenvalue weighted by Crippen LogP contribution is 1.95. The van der Waals surface area contributed by atoms with Crippen molar-refractivity contribution in [2.75, 3.05) is 0 Å². The van der Waals surface area contributed by atoms with Crippen molar-refractivity contribution in [3.63, 3.8) is 0 Å². The molecule has 1 amide bonds. The van der Waals surface area contributed by atoms with Crippen molar-refractivity contribution in [3.05, 3.63) is 30.1 Å². The van der Waals surface area contributed by atoms with E-state index in [9.17, 15) is 4.79 Å². The van der Waals surface area contributed by atoms with Crippen LogP contribution in [0.3, 0.4) is 0 Å². The van der Waals surface area contributed by atoms with Crippen LogP contribution in [-0.4, -0.2) is 17.1 Å². The number of carbonyl (C=O) groups excluding carboxylic acids is 1. The lowest BCUT2D eigenvalue weighted by Gasteiger charge is -1.97. The predicted molar refractivity (Wildman–Crippen MR) is 59.7 cm³/mol. The maximum absolute atomic E-state index is 11.4. The highest BCUT2D eigenvalue weighted by molar-refractivity contribution is 5.94. The Morgan fingerprint density at radius 3 is 2.93 bits per heavy atom. The van der Waals surface area contributed by atoms with Crippen LogP contribution >= 0.6 is 0 Å². The summed E-state index contributed by atoms with van der Waals surface area (Å²) in [5, 5.41) is 3.84. The van der Waals surface area contributed by atoms with Gasteiger partial charge in [0, 0.05) is 24.2 Å². The van der Waals surface area contributed by atoms with Crippen LogP contribution in [0.2, 0.25) is 0 Å². The van der Waals surface area contributed by atoms with Crippen LogP contribution in [0.15, 0.2) is 29.6 Å². The molecule has 0 aliphatic carbocycles. The summed E-state index contributed by atoms with van der Waals surface area (Å²) in [4.78, 5) is 15.3. The summed E-state index contributed by atoms with van der Waals surface area (Å²) in [6, 6.07) is 3.30. The lowest BCUT2D eigenvalue weighted by atomic mass is 10.2. The van der Waals surface area contributed by atoms with Crippen LogP contribution < -0.4 is 5.43 Å². The SMILES string of the molecule is CCCCC=NNC(=O)c1ccncc1. The predicted octanol–water partition coefficient (Wildman–Crippen LogP) is 1.99. The lowest BCUT2D eigenvalue weighted by molar-refractivity contribution is 0.0955. The molecule has 0 aliphatic heterocycles. The van der Waals surface area contributed by atoms with Crippen molar-refractivity contribution in [1.29, 1.82) is 0 Å². The molecule has 80 valence electrons. The lowest BCUT2D eigenvalue weighted by Crippen LogP contribution is -2.17. The Morgan fingerprint density at radius 1 is 1.53 bits per heavy atom. The number of hydrogen-bond donors (Lipinski definition) is 1. The van der Waals surface area contributed by atoms with Gasteiger partial charge in [0.25, 0.3) is 5.91 Å². The molecule has 1 rings (SSSR count). The molecule has 1 heterocycles. The average Bonchev–Trinajstić information content (AvgIpc) is 2.30. The van der Waals surface area contributed by atoms with E-state index in [1.165, 1.54) is 0 Å². The van der Waals surface area contributed by atoms with Crippen LogP contribution in [0.1, 0.15) is 36.5 Å². The van der Waals surface area contributed by atoms with Crippen LogP contribution in [0.25, 0.3) is 0 Å². The average molecular weight is 205 g/mol. The number of rotatable bonds is 5. The summed E-state index contributed by atoms with van der Waals surface area (Å²) in [6.45, 7) is 2.11. The van der Waals surface area contributed by atoms with Gasteiger partial charge in [-0.15, -0.1) is 0 Å². The second-order valence-electron chi connectivity index (χ2n) is 3.13. The molecule has 0 saturated carbocycles. The van der Waals surface area contributed by atoms with Gasteiger partial charge in [-0.1, -0.05) is 13.3 Å². The van der Waals surface area contributed by atoms with Crippen LogP contribution in [0, 0.1) is 0 Å². The number of hydrogen-bond acceptors (Lipinski definition) is 3. The number of nitrogens with one attached hydrogen (secondary N) is 1. The zero-order chi connectivity index (χ0) is 10.9. The van der Waals surface area contributed by atoms with E-state index in [0.29, 0.717) is 5.56 Å². The van der Waals surface area contributed by atoms with Crippen LogP contribution in [0.5, 0.6) is 0 Å². The van der Waals surface area contributed by atoms with Crippen LogP contribution in [0.4, 0.5) is 0 Å². The van der Waals surface area contributed by atoms with Gasteiger partial charge in [-0.25, -0.2) is 5.43 Å². The molecule has 0 unspecified atom stereocenters. The summed E-state index contributed by atoms with van der Waals surface area (Å²) in [5.74, 6) is -0.204. The molecule has 0 atom stereocenters. The van der Waals surface area contributed by atoms with E-state index in [1.807, 2.05) is 0 Å². The quantitative estimate of drug-likeness (QED) is 0.454. The molecule has 0 bridgehead atoms. The standard InChI is InChI=1S/C11H15N3O/c1-2-3-4-7-13-14-11(15)10-5-8-12-9-6-10/h5-9H,2-4H2,1H3,(H,14,15). The van der Waals surface area contributed by atoms with Crippen molar-refractivity contribution >= 4 is 12.1 Å². The van der Waals surface area contributed by atoms with E-state index >= 15 is 0 Å². The van der Waals surface area contributed by atoms with Gasteiger partial charge in [0.05, 0.1) is 0 Å². The largest absolute Gasteiger partial charge is 0.271 e. The number of carbonyl (C=O) groups is 1. The van der Waals surface area contributed by atoms with E-state index in [4.69, 9.17) is 0 Å². The minimum absolute atomic E-state index is 0.204. The summed E-state index contributed by atoms with van der Waals surface area (Å²) in [5.41, 5.74) is 3.03. The molecule has 4 nitrogen and oxygen atoms in total. The van der Waals surface area contributed by atoms with E-state index in [-0.39, 0.29) is 5.91 Å². The third-order valence-electron chi connectivity index (χ3n) is 1.89. The number of amides is 1. The first-order valence-corrected chi connectivity index (χ1v) is 5.06. The minimum atomic E-state index is -0.204. The molecule has 0 aliphatic rings. The number of aromatic nitrogens is 1. The summed E-state index contributed by atoms with van der Waals surface area (Å²) in [7, 11) is 0. The third-order valence-corrected chi connectivity index (χ3v) is 1.89. The van der Waals surface area contributed by atoms with Crippen molar-refractivity contribution in [2.24, 2.45) is 5.10 Å². The topological polar surface area (TPSA) is 54.4 Å². The zero-order valence-electron chi connectivity index (χ0n) is 8.81. The van der Waals surface area contributed by atoms with Gasteiger partial charge in [-0.05, 0) is 25.0 Å². The molecule has 4 heteroatoms.